The Labute approximate surface area is 120 Å². The van der Waals surface area contributed by atoms with Crippen molar-refractivity contribution < 1.29 is 9.18 Å². The molecule has 0 aromatic heterocycles. The third-order valence-corrected chi connectivity index (χ3v) is 4.02. The van der Waals surface area contributed by atoms with Crippen molar-refractivity contribution in [3.8, 4) is 0 Å². The van der Waals surface area contributed by atoms with Crippen LogP contribution < -0.4 is 10.6 Å². The second-order valence-electron chi connectivity index (χ2n) is 6.14. The molecule has 3 nitrogen and oxygen atoms in total. The molecule has 0 aliphatic carbocycles. The SMILES string of the molecule is CC(C)(CNC(=O)C1CCNCC1)c1cccc(F)c1. The molecule has 0 bridgehead atoms. The molecule has 1 fully saturated rings. The van der Waals surface area contributed by atoms with Gasteiger partial charge in [-0.1, -0.05) is 26.0 Å². The van der Waals surface area contributed by atoms with Gasteiger partial charge in [-0.25, -0.2) is 4.39 Å². The molecule has 1 aromatic carbocycles. The molecule has 4 heteroatoms. The standard InChI is InChI=1S/C16H23FN2O/c1-16(2,13-4-3-5-14(17)10-13)11-19-15(20)12-6-8-18-9-7-12/h3-5,10,12,18H,6-9,11H2,1-2H3,(H,19,20). The Kier molecular flexibility index (Phi) is 4.76. The highest BCUT2D eigenvalue weighted by atomic mass is 19.1. The summed E-state index contributed by atoms with van der Waals surface area (Å²) in [6.07, 6.45) is 1.79. The van der Waals surface area contributed by atoms with Crippen LogP contribution in [0.1, 0.15) is 32.3 Å². The van der Waals surface area contributed by atoms with E-state index in [9.17, 15) is 9.18 Å². The van der Waals surface area contributed by atoms with E-state index < -0.39 is 0 Å². The molecule has 1 saturated heterocycles. The van der Waals surface area contributed by atoms with Gasteiger partial charge in [0.05, 0.1) is 0 Å². The predicted octanol–water partition coefficient (Wildman–Crippen LogP) is 2.22. The highest BCUT2D eigenvalue weighted by Gasteiger charge is 2.25. The first kappa shape index (κ1) is 15.0. The zero-order valence-corrected chi connectivity index (χ0v) is 12.2. The molecule has 1 amide bonds. The number of hydrogen-bond acceptors (Lipinski definition) is 2. The number of carbonyl (C=O) groups is 1. The van der Waals surface area contributed by atoms with Crippen molar-refractivity contribution in [2.45, 2.75) is 32.1 Å². The number of rotatable bonds is 4. The van der Waals surface area contributed by atoms with Gasteiger partial charge in [0.1, 0.15) is 5.82 Å². The highest BCUT2D eigenvalue weighted by Crippen LogP contribution is 2.23. The Morgan fingerprint density at radius 1 is 1.40 bits per heavy atom. The molecule has 1 aliphatic rings. The van der Waals surface area contributed by atoms with E-state index in [0.717, 1.165) is 31.5 Å². The summed E-state index contributed by atoms with van der Waals surface area (Å²) in [6, 6.07) is 6.59. The molecule has 1 heterocycles. The van der Waals surface area contributed by atoms with Gasteiger partial charge in [-0.15, -0.1) is 0 Å². The maximum atomic E-state index is 13.3. The van der Waals surface area contributed by atoms with Gasteiger partial charge in [-0.3, -0.25) is 4.79 Å². The molecule has 1 aliphatic heterocycles. The van der Waals surface area contributed by atoms with E-state index in [1.54, 1.807) is 6.07 Å². The van der Waals surface area contributed by atoms with Crippen LogP contribution >= 0.6 is 0 Å². The van der Waals surface area contributed by atoms with Crippen molar-refractivity contribution in [3.63, 3.8) is 0 Å². The van der Waals surface area contributed by atoms with Crippen LogP contribution in [0.5, 0.6) is 0 Å². The van der Waals surface area contributed by atoms with Crippen LogP contribution in [-0.2, 0) is 10.2 Å². The van der Waals surface area contributed by atoms with E-state index in [-0.39, 0.29) is 23.1 Å². The predicted molar refractivity (Wildman–Crippen MR) is 78.0 cm³/mol. The Balaban J connectivity index is 1.93. The van der Waals surface area contributed by atoms with E-state index in [1.165, 1.54) is 12.1 Å². The number of halogens is 1. The largest absolute Gasteiger partial charge is 0.355 e. The number of benzene rings is 1. The molecule has 2 rings (SSSR count). The molecule has 2 N–H and O–H groups in total. The molecule has 20 heavy (non-hydrogen) atoms. The van der Waals surface area contributed by atoms with Gasteiger partial charge in [0, 0.05) is 17.9 Å². The summed E-state index contributed by atoms with van der Waals surface area (Å²) in [5.74, 6) is -0.00389. The summed E-state index contributed by atoms with van der Waals surface area (Å²) in [7, 11) is 0. The highest BCUT2D eigenvalue weighted by molar-refractivity contribution is 5.78. The van der Waals surface area contributed by atoms with Crippen molar-refractivity contribution in [3.05, 3.63) is 35.6 Å². The lowest BCUT2D eigenvalue weighted by atomic mass is 9.84. The van der Waals surface area contributed by atoms with E-state index in [1.807, 2.05) is 19.9 Å². The fourth-order valence-electron chi connectivity index (χ4n) is 2.55. The van der Waals surface area contributed by atoms with E-state index in [0.29, 0.717) is 6.54 Å². The first-order chi connectivity index (χ1) is 9.49. The average Bonchev–Trinajstić information content (AvgIpc) is 2.46. The van der Waals surface area contributed by atoms with Crippen LogP contribution in [0.2, 0.25) is 0 Å². The molecule has 0 atom stereocenters. The zero-order chi connectivity index (χ0) is 14.6. The smallest absolute Gasteiger partial charge is 0.223 e. The average molecular weight is 278 g/mol. The number of amides is 1. The molecule has 0 radical (unpaired) electrons. The van der Waals surface area contributed by atoms with Gasteiger partial charge in [0.15, 0.2) is 0 Å². The van der Waals surface area contributed by atoms with E-state index >= 15 is 0 Å². The molecule has 0 unspecified atom stereocenters. The monoisotopic (exact) mass is 278 g/mol. The van der Waals surface area contributed by atoms with Crippen LogP contribution in [-0.4, -0.2) is 25.5 Å². The lowest BCUT2D eigenvalue weighted by Gasteiger charge is -2.28. The van der Waals surface area contributed by atoms with Crippen LogP contribution in [0.4, 0.5) is 4.39 Å². The summed E-state index contributed by atoms with van der Waals surface area (Å²) in [5, 5.41) is 6.27. The summed E-state index contributed by atoms with van der Waals surface area (Å²) in [5.41, 5.74) is 0.633. The fourth-order valence-corrected chi connectivity index (χ4v) is 2.55. The van der Waals surface area contributed by atoms with Gasteiger partial charge in [-0.05, 0) is 43.6 Å². The molecule has 0 saturated carbocycles. The van der Waals surface area contributed by atoms with Crippen LogP contribution in [0, 0.1) is 11.7 Å². The maximum Gasteiger partial charge on any atom is 0.223 e. The molecule has 1 aromatic rings. The summed E-state index contributed by atoms with van der Waals surface area (Å²) >= 11 is 0. The lowest BCUT2D eigenvalue weighted by molar-refractivity contribution is -0.125. The van der Waals surface area contributed by atoms with Crippen molar-refractivity contribution in [2.75, 3.05) is 19.6 Å². The fraction of sp³-hybridized carbons (Fsp3) is 0.562. The quantitative estimate of drug-likeness (QED) is 0.886. The number of carbonyl (C=O) groups excluding carboxylic acids is 1. The summed E-state index contributed by atoms with van der Waals surface area (Å²) in [6.45, 7) is 6.38. The summed E-state index contributed by atoms with van der Waals surface area (Å²) in [4.78, 5) is 12.1. The molecular weight excluding hydrogens is 255 g/mol. The van der Waals surface area contributed by atoms with Gasteiger partial charge in [0.2, 0.25) is 5.91 Å². The van der Waals surface area contributed by atoms with Crippen molar-refractivity contribution in [1.82, 2.24) is 10.6 Å². The van der Waals surface area contributed by atoms with Crippen LogP contribution in [0.15, 0.2) is 24.3 Å². The Bertz CT molecular complexity index is 467. The minimum Gasteiger partial charge on any atom is -0.355 e. The van der Waals surface area contributed by atoms with Crippen LogP contribution in [0.25, 0.3) is 0 Å². The summed E-state index contributed by atoms with van der Waals surface area (Å²) < 4.78 is 13.3. The maximum absolute atomic E-state index is 13.3. The second kappa shape index (κ2) is 6.35. The number of hydrogen-bond donors (Lipinski definition) is 2. The Morgan fingerprint density at radius 2 is 2.10 bits per heavy atom. The van der Waals surface area contributed by atoms with Gasteiger partial charge >= 0.3 is 0 Å². The van der Waals surface area contributed by atoms with E-state index in [2.05, 4.69) is 10.6 Å². The van der Waals surface area contributed by atoms with Crippen molar-refractivity contribution in [1.29, 1.82) is 0 Å². The molecule has 110 valence electrons. The Morgan fingerprint density at radius 3 is 2.75 bits per heavy atom. The van der Waals surface area contributed by atoms with Crippen LogP contribution in [0.3, 0.4) is 0 Å². The molecular formula is C16H23FN2O. The lowest BCUT2D eigenvalue weighted by Crippen LogP contribution is -2.42. The number of piperidine rings is 1. The first-order valence-electron chi connectivity index (χ1n) is 7.23. The number of nitrogens with one attached hydrogen (secondary N) is 2. The normalized spacial score (nSPS) is 16.9. The van der Waals surface area contributed by atoms with Crippen molar-refractivity contribution >= 4 is 5.91 Å². The molecule has 0 spiro atoms. The second-order valence-corrected chi connectivity index (χ2v) is 6.14. The topological polar surface area (TPSA) is 41.1 Å². The minimum absolute atomic E-state index is 0.111. The first-order valence-corrected chi connectivity index (χ1v) is 7.23. The minimum atomic E-state index is -0.273. The van der Waals surface area contributed by atoms with E-state index in [4.69, 9.17) is 0 Å². The van der Waals surface area contributed by atoms with Gasteiger partial charge in [0.25, 0.3) is 0 Å². The van der Waals surface area contributed by atoms with Crippen molar-refractivity contribution in [2.24, 2.45) is 5.92 Å². The van der Waals surface area contributed by atoms with Gasteiger partial charge < -0.3 is 10.6 Å². The Hall–Kier alpha value is -1.42. The third-order valence-electron chi connectivity index (χ3n) is 4.02. The zero-order valence-electron chi connectivity index (χ0n) is 12.2. The van der Waals surface area contributed by atoms with Gasteiger partial charge in [-0.2, -0.15) is 0 Å². The third kappa shape index (κ3) is 3.79.